The summed E-state index contributed by atoms with van der Waals surface area (Å²) in [4.78, 5) is 24.1. The van der Waals surface area contributed by atoms with Crippen LogP contribution in [-0.2, 0) is 4.79 Å². The molecule has 3 rings (SSSR count). The molecule has 0 aromatic heterocycles. The third-order valence-electron chi connectivity index (χ3n) is 3.75. The van der Waals surface area contributed by atoms with Crippen LogP contribution < -0.4 is 14.9 Å². The fourth-order valence-corrected chi connectivity index (χ4v) is 2.82. The van der Waals surface area contributed by atoms with Gasteiger partial charge < -0.3 is 9.47 Å². The number of hydrazone groups is 1. The van der Waals surface area contributed by atoms with Crippen LogP contribution in [0.25, 0.3) is 0 Å². The summed E-state index contributed by atoms with van der Waals surface area (Å²) in [6.45, 7) is -0.172. The third-order valence-corrected chi connectivity index (χ3v) is 4.61. The second-order valence-corrected chi connectivity index (χ2v) is 7.30. The summed E-state index contributed by atoms with van der Waals surface area (Å²) in [7, 11) is 0. The number of rotatable bonds is 7. The van der Waals surface area contributed by atoms with Crippen molar-refractivity contribution in [3.63, 3.8) is 0 Å². The van der Waals surface area contributed by atoms with Crippen molar-refractivity contribution in [1.82, 2.24) is 5.43 Å². The maximum absolute atomic E-state index is 12.2. The molecule has 0 saturated carbocycles. The largest absolute Gasteiger partial charge is 0.484 e. The minimum absolute atomic E-state index is 0.172. The highest BCUT2D eigenvalue weighted by molar-refractivity contribution is 9.10. The predicted molar refractivity (Wildman–Crippen MR) is 118 cm³/mol. The fourth-order valence-electron chi connectivity index (χ4n) is 2.34. The first-order valence-corrected chi connectivity index (χ1v) is 9.95. The highest BCUT2D eigenvalue weighted by Crippen LogP contribution is 2.19. The van der Waals surface area contributed by atoms with E-state index in [1.54, 1.807) is 60.7 Å². The summed E-state index contributed by atoms with van der Waals surface area (Å²) in [5.41, 5.74) is 3.28. The first kappa shape index (κ1) is 21.5. The second-order valence-electron chi connectivity index (χ2n) is 5.98. The van der Waals surface area contributed by atoms with Gasteiger partial charge in [0.15, 0.2) is 6.61 Å². The lowest BCUT2D eigenvalue weighted by Crippen LogP contribution is -2.24. The Balaban J connectivity index is 1.52. The van der Waals surface area contributed by atoms with Crippen molar-refractivity contribution in [3.8, 4) is 11.5 Å². The summed E-state index contributed by atoms with van der Waals surface area (Å²) >= 11 is 9.34. The number of hydrogen-bond acceptors (Lipinski definition) is 5. The van der Waals surface area contributed by atoms with Crippen LogP contribution in [-0.4, -0.2) is 24.7 Å². The first-order chi connectivity index (χ1) is 14.5. The highest BCUT2D eigenvalue weighted by atomic mass is 79.9. The van der Waals surface area contributed by atoms with Gasteiger partial charge in [-0.05, 0) is 54.1 Å². The van der Waals surface area contributed by atoms with E-state index in [1.165, 1.54) is 6.21 Å². The van der Waals surface area contributed by atoms with Crippen molar-refractivity contribution in [2.45, 2.75) is 0 Å². The molecule has 0 spiro atoms. The molecule has 0 aliphatic heterocycles. The summed E-state index contributed by atoms with van der Waals surface area (Å²) in [5, 5.41) is 4.20. The van der Waals surface area contributed by atoms with E-state index >= 15 is 0 Å². The van der Waals surface area contributed by atoms with Gasteiger partial charge in [-0.1, -0.05) is 51.8 Å². The molecule has 0 atom stereocenters. The number of carbonyl (C=O) groups excluding carboxylic acids is 2. The molecular formula is C22H16BrClN2O4. The summed E-state index contributed by atoms with van der Waals surface area (Å²) in [6, 6.07) is 20.5. The number of esters is 1. The van der Waals surface area contributed by atoms with Crippen molar-refractivity contribution < 1.29 is 19.1 Å². The van der Waals surface area contributed by atoms with Gasteiger partial charge in [-0.2, -0.15) is 5.10 Å². The van der Waals surface area contributed by atoms with E-state index in [9.17, 15) is 9.59 Å². The Bertz CT molecular complexity index is 1070. The summed E-state index contributed by atoms with van der Waals surface area (Å²) in [6.07, 6.45) is 1.43. The Kier molecular flexibility index (Phi) is 7.59. The molecule has 30 heavy (non-hydrogen) atoms. The van der Waals surface area contributed by atoms with Crippen molar-refractivity contribution in [2.24, 2.45) is 5.10 Å². The molecule has 1 amide bonds. The molecule has 0 aliphatic carbocycles. The SMILES string of the molecule is O=C(COc1ccc(Br)cc1)NN=Cc1cccc(OC(=O)c2ccccc2Cl)c1. The van der Waals surface area contributed by atoms with Crippen molar-refractivity contribution in [3.05, 3.63) is 93.4 Å². The maximum Gasteiger partial charge on any atom is 0.345 e. The Morgan fingerprint density at radius 2 is 1.77 bits per heavy atom. The first-order valence-electron chi connectivity index (χ1n) is 8.78. The van der Waals surface area contributed by atoms with Gasteiger partial charge in [0.1, 0.15) is 11.5 Å². The molecule has 0 radical (unpaired) electrons. The van der Waals surface area contributed by atoms with Crippen LogP contribution in [0.4, 0.5) is 0 Å². The Hall–Kier alpha value is -3.16. The lowest BCUT2D eigenvalue weighted by molar-refractivity contribution is -0.123. The van der Waals surface area contributed by atoms with E-state index in [-0.39, 0.29) is 12.2 Å². The van der Waals surface area contributed by atoms with Crippen molar-refractivity contribution in [1.29, 1.82) is 0 Å². The zero-order chi connectivity index (χ0) is 21.3. The molecular weight excluding hydrogens is 472 g/mol. The minimum atomic E-state index is -0.562. The Morgan fingerprint density at radius 3 is 2.53 bits per heavy atom. The topological polar surface area (TPSA) is 77.0 Å². The van der Waals surface area contributed by atoms with Crippen molar-refractivity contribution >= 4 is 45.6 Å². The zero-order valence-corrected chi connectivity index (χ0v) is 17.9. The van der Waals surface area contributed by atoms with Crippen LogP contribution in [0.5, 0.6) is 11.5 Å². The number of halogens is 2. The molecule has 6 nitrogen and oxygen atoms in total. The van der Waals surface area contributed by atoms with E-state index < -0.39 is 11.9 Å². The summed E-state index contributed by atoms with van der Waals surface area (Å²) < 4.78 is 11.6. The van der Waals surface area contributed by atoms with E-state index in [1.807, 2.05) is 12.1 Å². The lowest BCUT2D eigenvalue weighted by atomic mass is 10.2. The summed E-state index contributed by atoms with van der Waals surface area (Å²) in [5.74, 6) is -0.0670. The number of hydrogen-bond donors (Lipinski definition) is 1. The predicted octanol–water partition coefficient (Wildman–Crippen LogP) is 4.85. The van der Waals surface area contributed by atoms with Gasteiger partial charge in [0.2, 0.25) is 0 Å². The van der Waals surface area contributed by atoms with Gasteiger partial charge in [-0.25, -0.2) is 10.2 Å². The third kappa shape index (κ3) is 6.43. The minimum Gasteiger partial charge on any atom is -0.484 e. The van der Waals surface area contributed by atoms with Crippen LogP contribution in [0, 0.1) is 0 Å². The molecule has 3 aromatic carbocycles. The second kappa shape index (κ2) is 10.6. The molecule has 0 fully saturated rings. The monoisotopic (exact) mass is 486 g/mol. The molecule has 1 N–H and O–H groups in total. The average molecular weight is 488 g/mol. The zero-order valence-electron chi connectivity index (χ0n) is 15.5. The number of nitrogens with one attached hydrogen (secondary N) is 1. The van der Waals surface area contributed by atoms with Gasteiger partial charge >= 0.3 is 5.97 Å². The molecule has 0 heterocycles. The normalized spacial score (nSPS) is 10.6. The van der Waals surface area contributed by atoms with Crippen LogP contribution in [0.3, 0.4) is 0 Å². The van der Waals surface area contributed by atoms with E-state index in [2.05, 4.69) is 26.5 Å². The maximum atomic E-state index is 12.2. The average Bonchev–Trinajstić information content (AvgIpc) is 2.74. The van der Waals surface area contributed by atoms with Crippen LogP contribution in [0.15, 0.2) is 82.4 Å². The number of nitrogens with zero attached hydrogens (tertiary/aromatic N) is 1. The number of amides is 1. The van der Waals surface area contributed by atoms with E-state index in [0.29, 0.717) is 22.1 Å². The fraction of sp³-hybridized carbons (Fsp3) is 0.0455. The molecule has 0 aliphatic rings. The Morgan fingerprint density at radius 1 is 1.00 bits per heavy atom. The van der Waals surface area contributed by atoms with Gasteiger partial charge in [-0.3, -0.25) is 4.79 Å². The number of ether oxygens (including phenoxy) is 2. The van der Waals surface area contributed by atoms with Gasteiger partial charge in [-0.15, -0.1) is 0 Å². The van der Waals surface area contributed by atoms with Crippen LogP contribution >= 0.6 is 27.5 Å². The molecule has 8 heteroatoms. The smallest absolute Gasteiger partial charge is 0.345 e. The lowest BCUT2D eigenvalue weighted by Gasteiger charge is -2.06. The molecule has 3 aromatic rings. The number of benzene rings is 3. The van der Waals surface area contributed by atoms with Crippen LogP contribution in [0.1, 0.15) is 15.9 Å². The van der Waals surface area contributed by atoms with E-state index in [4.69, 9.17) is 21.1 Å². The molecule has 0 unspecified atom stereocenters. The molecule has 0 saturated heterocycles. The number of carbonyl (C=O) groups is 2. The Labute approximate surface area is 186 Å². The van der Waals surface area contributed by atoms with Gasteiger partial charge in [0.05, 0.1) is 16.8 Å². The van der Waals surface area contributed by atoms with E-state index in [0.717, 1.165) is 4.47 Å². The molecule has 0 bridgehead atoms. The quantitative estimate of drug-likeness (QED) is 0.224. The van der Waals surface area contributed by atoms with Crippen molar-refractivity contribution in [2.75, 3.05) is 6.61 Å². The van der Waals surface area contributed by atoms with Gasteiger partial charge in [0.25, 0.3) is 5.91 Å². The van der Waals surface area contributed by atoms with Crippen LogP contribution in [0.2, 0.25) is 5.02 Å². The van der Waals surface area contributed by atoms with Gasteiger partial charge in [0, 0.05) is 4.47 Å². The highest BCUT2D eigenvalue weighted by Gasteiger charge is 2.12. The standard InChI is InChI=1S/C22H16BrClN2O4/c23-16-8-10-17(11-9-16)29-14-21(27)26-25-13-15-4-3-5-18(12-15)30-22(28)19-6-1-2-7-20(19)24/h1-13H,14H2,(H,26,27). The molecule has 152 valence electrons.